The molecule has 0 saturated carbocycles. The van der Waals surface area contributed by atoms with E-state index < -0.39 is 15.9 Å². The van der Waals surface area contributed by atoms with E-state index in [0.29, 0.717) is 22.5 Å². The first-order chi connectivity index (χ1) is 14.8. The van der Waals surface area contributed by atoms with Crippen LogP contribution in [0.5, 0.6) is 0 Å². The number of amides is 1. The lowest BCUT2D eigenvalue weighted by molar-refractivity contribution is -0.116. The van der Waals surface area contributed by atoms with E-state index >= 15 is 0 Å². The summed E-state index contributed by atoms with van der Waals surface area (Å²) in [5, 5.41) is 2.68. The molecule has 4 aromatic rings. The molecule has 1 heterocycles. The maximum atomic E-state index is 13.4. The summed E-state index contributed by atoms with van der Waals surface area (Å²) in [7, 11) is -2.40. The number of aromatic amines is 1. The van der Waals surface area contributed by atoms with E-state index in [1.54, 1.807) is 48.5 Å². The second-order valence-electron chi connectivity index (χ2n) is 6.95. The van der Waals surface area contributed by atoms with Gasteiger partial charge in [0.1, 0.15) is 11.6 Å². The Hall–Kier alpha value is -3.56. The molecule has 0 aliphatic rings. The van der Waals surface area contributed by atoms with E-state index in [-0.39, 0.29) is 17.3 Å². The van der Waals surface area contributed by atoms with Crippen LogP contribution >= 0.6 is 0 Å². The molecule has 0 fully saturated rings. The zero-order valence-electron chi connectivity index (χ0n) is 16.5. The molecule has 31 heavy (non-hydrogen) atoms. The van der Waals surface area contributed by atoms with Gasteiger partial charge in [-0.3, -0.25) is 4.79 Å². The first kappa shape index (κ1) is 20.7. The number of hydrogen-bond donors (Lipinski definition) is 2. The number of halogens is 1. The summed E-state index contributed by atoms with van der Waals surface area (Å²) in [6.07, 6.45) is 0. The summed E-state index contributed by atoms with van der Waals surface area (Å²) in [6.45, 7) is -0.325. The minimum Gasteiger partial charge on any atom is -0.338 e. The lowest BCUT2D eigenvalue weighted by Gasteiger charge is -2.17. The lowest BCUT2D eigenvalue weighted by atomic mass is 10.2. The number of benzene rings is 3. The van der Waals surface area contributed by atoms with Crippen molar-refractivity contribution >= 4 is 32.7 Å². The monoisotopic (exact) mass is 438 g/mol. The lowest BCUT2D eigenvalue weighted by Crippen LogP contribution is -2.34. The van der Waals surface area contributed by atoms with Crippen molar-refractivity contribution in [3.05, 3.63) is 78.6 Å². The number of carbonyl (C=O) groups is 1. The van der Waals surface area contributed by atoms with Crippen LogP contribution in [0.4, 0.5) is 10.1 Å². The van der Waals surface area contributed by atoms with Crippen molar-refractivity contribution in [2.75, 3.05) is 18.9 Å². The van der Waals surface area contributed by atoms with Crippen molar-refractivity contribution in [3.63, 3.8) is 0 Å². The van der Waals surface area contributed by atoms with E-state index in [1.165, 1.54) is 31.3 Å². The summed E-state index contributed by atoms with van der Waals surface area (Å²) in [6, 6.07) is 19.1. The number of carbonyl (C=O) groups excluding carboxylic acids is 1. The van der Waals surface area contributed by atoms with Crippen molar-refractivity contribution in [3.8, 4) is 11.4 Å². The largest absolute Gasteiger partial charge is 0.338 e. The number of rotatable bonds is 6. The predicted molar refractivity (Wildman–Crippen MR) is 116 cm³/mol. The van der Waals surface area contributed by atoms with Gasteiger partial charge < -0.3 is 10.3 Å². The van der Waals surface area contributed by atoms with Gasteiger partial charge in [0.15, 0.2) is 0 Å². The van der Waals surface area contributed by atoms with Gasteiger partial charge in [-0.2, -0.15) is 4.31 Å². The molecule has 0 aliphatic heterocycles. The molecule has 4 rings (SSSR count). The minimum atomic E-state index is -3.75. The second-order valence-corrected chi connectivity index (χ2v) is 8.99. The SMILES string of the molecule is CN(CC(=O)Nc1ccc(-c2nc3ccc(F)cc3[nH]2)cc1)S(=O)(=O)c1ccccc1. The summed E-state index contributed by atoms with van der Waals surface area (Å²) >= 11 is 0. The highest BCUT2D eigenvalue weighted by atomic mass is 32.2. The average molecular weight is 438 g/mol. The standard InChI is InChI=1S/C22H19FN4O3S/c1-27(31(29,30)18-5-3-2-4-6-18)14-21(28)24-17-10-7-15(8-11-17)22-25-19-12-9-16(23)13-20(19)26-22/h2-13H,14H2,1H3,(H,24,28)(H,25,26). The van der Waals surface area contributed by atoms with Gasteiger partial charge in [0.25, 0.3) is 0 Å². The van der Waals surface area contributed by atoms with Crippen LogP contribution < -0.4 is 5.32 Å². The molecule has 2 N–H and O–H groups in total. The third-order valence-electron chi connectivity index (χ3n) is 4.70. The molecule has 0 saturated heterocycles. The molecule has 9 heteroatoms. The third-order valence-corrected chi connectivity index (χ3v) is 6.52. The molecule has 158 valence electrons. The number of H-pyrrole nitrogens is 1. The minimum absolute atomic E-state index is 0.125. The molecule has 0 unspecified atom stereocenters. The topological polar surface area (TPSA) is 95.2 Å². The van der Waals surface area contributed by atoms with Gasteiger partial charge in [0, 0.05) is 18.3 Å². The zero-order chi connectivity index (χ0) is 22.0. The summed E-state index contributed by atoms with van der Waals surface area (Å²) < 4.78 is 39.4. The molecule has 1 amide bonds. The Bertz CT molecular complexity index is 1340. The number of hydrogen-bond acceptors (Lipinski definition) is 4. The van der Waals surface area contributed by atoms with Crippen LogP contribution in [0.15, 0.2) is 77.7 Å². The Kier molecular flexibility index (Phi) is 5.53. The Labute approximate surface area is 178 Å². The van der Waals surface area contributed by atoms with Gasteiger partial charge in [-0.05, 0) is 54.6 Å². The number of imidazole rings is 1. The molecule has 0 radical (unpaired) electrons. The number of likely N-dealkylation sites (N-methyl/N-ethyl adjacent to an activating group) is 1. The van der Waals surface area contributed by atoms with Gasteiger partial charge in [-0.1, -0.05) is 18.2 Å². The maximum absolute atomic E-state index is 13.4. The number of sulfonamides is 1. The Morgan fingerprint density at radius 2 is 1.77 bits per heavy atom. The second kappa shape index (κ2) is 8.29. The molecule has 0 atom stereocenters. The normalized spacial score (nSPS) is 11.7. The molecule has 1 aromatic heterocycles. The van der Waals surface area contributed by atoms with Gasteiger partial charge in [0.2, 0.25) is 15.9 Å². The maximum Gasteiger partial charge on any atom is 0.243 e. The van der Waals surface area contributed by atoms with Crippen molar-refractivity contribution in [1.29, 1.82) is 0 Å². The molecule has 3 aromatic carbocycles. The van der Waals surface area contributed by atoms with Crippen LogP contribution in [0.25, 0.3) is 22.4 Å². The van der Waals surface area contributed by atoms with Gasteiger partial charge in [-0.15, -0.1) is 0 Å². The average Bonchev–Trinajstić information content (AvgIpc) is 3.18. The van der Waals surface area contributed by atoms with Crippen LogP contribution in [0.2, 0.25) is 0 Å². The highest BCUT2D eigenvalue weighted by Crippen LogP contribution is 2.23. The summed E-state index contributed by atoms with van der Waals surface area (Å²) in [5.41, 5.74) is 2.52. The highest BCUT2D eigenvalue weighted by Gasteiger charge is 2.22. The third kappa shape index (κ3) is 4.47. The van der Waals surface area contributed by atoms with Crippen LogP contribution in [-0.4, -0.2) is 42.2 Å². The van der Waals surface area contributed by atoms with E-state index in [0.717, 1.165) is 9.87 Å². The highest BCUT2D eigenvalue weighted by molar-refractivity contribution is 7.89. The van der Waals surface area contributed by atoms with Crippen LogP contribution in [0.3, 0.4) is 0 Å². The van der Waals surface area contributed by atoms with Gasteiger partial charge in [0.05, 0.1) is 22.5 Å². The van der Waals surface area contributed by atoms with Crippen LogP contribution in [0.1, 0.15) is 0 Å². The number of nitrogens with one attached hydrogen (secondary N) is 2. The molecular formula is C22H19FN4O3S. The van der Waals surface area contributed by atoms with Crippen molar-refractivity contribution < 1.29 is 17.6 Å². The van der Waals surface area contributed by atoms with Crippen molar-refractivity contribution in [2.45, 2.75) is 4.90 Å². The number of aromatic nitrogens is 2. The van der Waals surface area contributed by atoms with Crippen LogP contribution in [-0.2, 0) is 14.8 Å². The van der Waals surface area contributed by atoms with E-state index in [1.807, 2.05) is 0 Å². The quantitative estimate of drug-likeness (QED) is 0.481. The zero-order valence-corrected chi connectivity index (χ0v) is 17.4. The first-order valence-electron chi connectivity index (χ1n) is 9.40. The molecule has 0 aliphatic carbocycles. The van der Waals surface area contributed by atoms with Crippen molar-refractivity contribution in [1.82, 2.24) is 14.3 Å². The van der Waals surface area contributed by atoms with Crippen molar-refractivity contribution in [2.24, 2.45) is 0 Å². The Balaban J connectivity index is 1.43. The number of anilines is 1. The first-order valence-corrected chi connectivity index (χ1v) is 10.8. The van der Waals surface area contributed by atoms with Crippen LogP contribution in [0, 0.1) is 5.82 Å². The summed E-state index contributed by atoms with van der Waals surface area (Å²) in [4.78, 5) is 19.9. The molecule has 0 spiro atoms. The fourth-order valence-electron chi connectivity index (χ4n) is 3.09. The number of nitrogens with zero attached hydrogens (tertiary/aromatic N) is 2. The van der Waals surface area contributed by atoms with E-state index in [4.69, 9.17) is 0 Å². The molecular weight excluding hydrogens is 419 g/mol. The predicted octanol–water partition coefficient (Wildman–Crippen LogP) is 3.63. The Morgan fingerprint density at radius 1 is 1.06 bits per heavy atom. The smallest absolute Gasteiger partial charge is 0.243 e. The molecule has 7 nitrogen and oxygen atoms in total. The summed E-state index contributed by atoms with van der Waals surface area (Å²) in [5.74, 6) is -0.235. The Morgan fingerprint density at radius 3 is 2.48 bits per heavy atom. The fourth-order valence-corrected chi connectivity index (χ4v) is 4.24. The van der Waals surface area contributed by atoms with Gasteiger partial charge >= 0.3 is 0 Å². The number of fused-ring (bicyclic) bond motifs is 1. The molecule has 0 bridgehead atoms. The van der Waals surface area contributed by atoms with Gasteiger partial charge in [-0.25, -0.2) is 17.8 Å². The van der Waals surface area contributed by atoms with E-state index in [2.05, 4.69) is 15.3 Å². The fraction of sp³-hybridized carbons (Fsp3) is 0.0909. The van der Waals surface area contributed by atoms with E-state index in [9.17, 15) is 17.6 Å².